The molecule has 0 amide bonds. The molecule has 0 aliphatic heterocycles. The fourth-order valence-electron chi connectivity index (χ4n) is 1.65. The molecule has 1 fully saturated rings. The first-order valence-electron chi connectivity index (χ1n) is 4.16. The Balaban J connectivity index is 2.43. The number of hydrogen-bond acceptors (Lipinski definition) is 3. The molecule has 0 bridgehead atoms. The van der Waals surface area contributed by atoms with Crippen molar-refractivity contribution in [2.75, 3.05) is 7.11 Å². The Morgan fingerprint density at radius 1 is 1.18 bits per heavy atom. The summed E-state index contributed by atoms with van der Waals surface area (Å²) in [4.78, 5) is 18.8. The van der Waals surface area contributed by atoms with E-state index < -0.39 is 8.80 Å². The largest absolute Gasteiger partial charge is 0.498 e. The van der Waals surface area contributed by atoms with Gasteiger partial charge in [-0.1, -0.05) is 19.3 Å². The second kappa shape index (κ2) is 3.67. The highest BCUT2D eigenvalue weighted by molar-refractivity contribution is 6.59. The van der Waals surface area contributed by atoms with Crippen molar-refractivity contribution in [2.24, 2.45) is 0 Å². The lowest BCUT2D eigenvalue weighted by Gasteiger charge is -2.28. The van der Waals surface area contributed by atoms with Gasteiger partial charge in [-0.15, -0.1) is 0 Å². The Morgan fingerprint density at radius 3 is 2.18 bits per heavy atom. The van der Waals surface area contributed by atoms with Crippen LogP contribution >= 0.6 is 0 Å². The van der Waals surface area contributed by atoms with E-state index >= 15 is 0 Å². The molecular formula is C7H16O3Si. The van der Waals surface area contributed by atoms with Crippen molar-refractivity contribution in [1.29, 1.82) is 0 Å². The van der Waals surface area contributed by atoms with Gasteiger partial charge in [-0.3, -0.25) is 0 Å². The van der Waals surface area contributed by atoms with E-state index in [1.807, 2.05) is 0 Å². The fourth-order valence-corrected chi connectivity index (χ4v) is 3.14. The van der Waals surface area contributed by atoms with Crippen LogP contribution in [0.25, 0.3) is 0 Å². The van der Waals surface area contributed by atoms with E-state index in [1.54, 1.807) is 0 Å². The molecule has 0 heterocycles. The van der Waals surface area contributed by atoms with Gasteiger partial charge in [0.25, 0.3) is 0 Å². The van der Waals surface area contributed by atoms with Crippen LogP contribution in [0.2, 0.25) is 5.54 Å². The quantitative estimate of drug-likeness (QED) is 0.614. The third kappa shape index (κ3) is 2.26. The first-order valence-corrected chi connectivity index (χ1v) is 6.04. The highest BCUT2D eigenvalue weighted by Crippen LogP contribution is 2.34. The molecule has 66 valence electrons. The minimum Gasteiger partial charge on any atom is -0.390 e. The summed E-state index contributed by atoms with van der Waals surface area (Å²) < 4.78 is 4.73. The highest BCUT2D eigenvalue weighted by Gasteiger charge is 2.41. The van der Waals surface area contributed by atoms with Crippen LogP contribution in [0, 0.1) is 0 Å². The van der Waals surface area contributed by atoms with Crippen LogP contribution in [0.5, 0.6) is 0 Å². The predicted octanol–water partition coefficient (Wildman–Crippen LogP) is 0.891. The maximum Gasteiger partial charge on any atom is 0.498 e. The summed E-state index contributed by atoms with van der Waals surface area (Å²) in [6.45, 7) is 0. The summed E-state index contributed by atoms with van der Waals surface area (Å²) in [7, 11) is -1.89. The second-order valence-electron chi connectivity index (χ2n) is 3.20. The van der Waals surface area contributed by atoms with Crippen LogP contribution in [0.15, 0.2) is 0 Å². The third-order valence-electron chi connectivity index (χ3n) is 2.44. The zero-order valence-electron chi connectivity index (χ0n) is 6.92. The lowest BCUT2D eigenvalue weighted by Crippen LogP contribution is -2.43. The van der Waals surface area contributed by atoms with E-state index in [1.165, 1.54) is 13.5 Å². The van der Waals surface area contributed by atoms with Crippen LogP contribution in [-0.2, 0) is 4.43 Å². The van der Waals surface area contributed by atoms with Gasteiger partial charge in [0.1, 0.15) is 0 Å². The average Bonchev–Trinajstić information content (AvgIpc) is 2.06. The van der Waals surface area contributed by atoms with E-state index in [-0.39, 0.29) is 5.54 Å². The molecule has 4 heteroatoms. The summed E-state index contributed by atoms with van der Waals surface area (Å²) in [5.74, 6) is 0. The van der Waals surface area contributed by atoms with Gasteiger partial charge < -0.3 is 14.0 Å². The van der Waals surface area contributed by atoms with E-state index in [9.17, 15) is 9.59 Å². The Morgan fingerprint density at radius 2 is 1.73 bits per heavy atom. The fraction of sp³-hybridized carbons (Fsp3) is 1.00. The maximum atomic E-state index is 9.42. The van der Waals surface area contributed by atoms with Gasteiger partial charge in [0.05, 0.1) is 0 Å². The van der Waals surface area contributed by atoms with Crippen LogP contribution in [-0.4, -0.2) is 25.5 Å². The molecule has 1 rings (SSSR count). The van der Waals surface area contributed by atoms with Crippen molar-refractivity contribution in [2.45, 2.75) is 37.6 Å². The topological polar surface area (TPSA) is 49.7 Å². The second-order valence-corrected chi connectivity index (χ2v) is 5.74. The zero-order valence-corrected chi connectivity index (χ0v) is 7.92. The maximum absolute atomic E-state index is 9.42. The molecule has 0 aromatic carbocycles. The van der Waals surface area contributed by atoms with E-state index in [2.05, 4.69) is 0 Å². The minimum absolute atomic E-state index is 0.0428. The van der Waals surface area contributed by atoms with Crippen molar-refractivity contribution in [1.82, 2.24) is 0 Å². The normalized spacial score (nSPS) is 22.1. The van der Waals surface area contributed by atoms with Gasteiger partial charge in [0.2, 0.25) is 0 Å². The highest BCUT2D eigenvalue weighted by atomic mass is 28.4. The van der Waals surface area contributed by atoms with Crippen LogP contribution in [0.3, 0.4) is 0 Å². The summed E-state index contributed by atoms with van der Waals surface area (Å²) in [6, 6.07) is 0. The van der Waals surface area contributed by atoms with Gasteiger partial charge in [0, 0.05) is 12.7 Å². The monoisotopic (exact) mass is 176 g/mol. The molecule has 0 unspecified atom stereocenters. The third-order valence-corrected chi connectivity index (χ3v) is 4.68. The lowest BCUT2D eigenvalue weighted by atomic mass is 10.0. The van der Waals surface area contributed by atoms with Gasteiger partial charge in [-0.2, -0.15) is 0 Å². The van der Waals surface area contributed by atoms with Crippen LogP contribution in [0.1, 0.15) is 32.1 Å². The molecule has 3 nitrogen and oxygen atoms in total. The van der Waals surface area contributed by atoms with Crippen molar-refractivity contribution in [3.05, 3.63) is 0 Å². The van der Waals surface area contributed by atoms with Crippen LogP contribution < -0.4 is 0 Å². The molecule has 0 spiro atoms. The standard InChI is InChI=1S/C7H16O3Si/c1-10-11(8,9)7-5-3-2-4-6-7/h7-9H,2-6H2,1H3. The summed E-state index contributed by atoms with van der Waals surface area (Å²) in [5, 5.41) is 0. The summed E-state index contributed by atoms with van der Waals surface area (Å²) in [5.41, 5.74) is 0.0428. The molecule has 1 aliphatic rings. The van der Waals surface area contributed by atoms with Gasteiger partial charge in [-0.25, -0.2) is 0 Å². The molecule has 2 N–H and O–H groups in total. The van der Waals surface area contributed by atoms with Gasteiger partial charge in [-0.05, 0) is 12.8 Å². The Hall–Kier alpha value is 0.0969. The number of hydrogen-bond donors (Lipinski definition) is 2. The molecule has 11 heavy (non-hydrogen) atoms. The zero-order chi connectivity index (χ0) is 8.32. The lowest BCUT2D eigenvalue weighted by molar-refractivity contribution is 0.160. The summed E-state index contributed by atoms with van der Waals surface area (Å²) in [6.07, 6.45) is 5.30. The van der Waals surface area contributed by atoms with Crippen LogP contribution in [0.4, 0.5) is 0 Å². The minimum atomic E-state index is -3.28. The van der Waals surface area contributed by atoms with Crippen molar-refractivity contribution < 1.29 is 14.0 Å². The Labute approximate surface area is 68.4 Å². The first-order chi connectivity index (χ1) is 5.17. The molecule has 1 aliphatic carbocycles. The average molecular weight is 176 g/mol. The van der Waals surface area contributed by atoms with E-state index in [4.69, 9.17) is 4.43 Å². The Bertz CT molecular complexity index is 121. The molecule has 0 radical (unpaired) electrons. The molecular weight excluding hydrogens is 160 g/mol. The molecule has 1 saturated carbocycles. The smallest absolute Gasteiger partial charge is 0.390 e. The molecule has 0 saturated heterocycles. The molecule has 0 atom stereocenters. The summed E-state index contributed by atoms with van der Waals surface area (Å²) >= 11 is 0. The van der Waals surface area contributed by atoms with E-state index in [0.717, 1.165) is 25.7 Å². The molecule has 0 aromatic rings. The van der Waals surface area contributed by atoms with Crippen molar-refractivity contribution in [3.63, 3.8) is 0 Å². The van der Waals surface area contributed by atoms with Crippen molar-refractivity contribution >= 4 is 8.80 Å². The Kier molecular flexibility index (Phi) is 3.06. The first kappa shape index (κ1) is 9.19. The number of rotatable bonds is 2. The molecule has 0 aromatic heterocycles. The van der Waals surface area contributed by atoms with Gasteiger partial charge in [0.15, 0.2) is 0 Å². The van der Waals surface area contributed by atoms with Crippen molar-refractivity contribution in [3.8, 4) is 0 Å². The van der Waals surface area contributed by atoms with E-state index in [0.29, 0.717) is 0 Å². The van der Waals surface area contributed by atoms with Gasteiger partial charge >= 0.3 is 8.80 Å². The predicted molar refractivity (Wildman–Crippen MR) is 44.0 cm³/mol. The SMILES string of the molecule is CO[Si](O)(O)C1CCCCC1.